The Hall–Kier alpha value is -2.61. The number of hydrogen-bond acceptors (Lipinski definition) is 5. The third kappa shape index (κ3) is 4.90. The molecule has 3 aromatic rings. The Kier molecular flexibility index (Phi) is 6.98. The highest BCUT2D eigenvalue weighted by Crippen LogP contribution is 2.26. The second-order valence-electron chi connectivity index (χ2n) is 8.31. The van der Waals surface area contributed by atoms with Crippen LogP contribution in [0.5, 0.6) is 0 Å². The summed E-state index contributed by atoms with van der Waals surface area (Å²) in [7, 11) is 0. The summed E-state index contributed by atoms with van der Waals surface area (Å²) in [6.07, 6.45) is 1.63. The SMILES string of the molecule is Cc1ccc([C@H](CNC(=O)c2cnn(-c3cccc(Cl)c3)c2C(C)C)N2CCOCC2)o1. The fourth-order valence-electron chi connectivity index (χ4n) is 4.12. The van der Waals surface area contributed by atoms with E-state index in [4.69, 9.17) is 20.8 Å². The number of carbonyl (C=O) groups excluding carboxylic acids is 1. The highest BCUT2D eigenvalue weighted by atomic mass is 35.5. The summed E-state index contributed by atoms with van der Waals surface area (Å²) in [5.74, 6) is 1.65. The number of rotatable bonds is 7. The lowest BCUT2D eigenvalue weighted by Gasteiger charge is -2.33. The van der Waals surface area contributed by atoms with Crippen LogP contribution in [0.25, 0.3) is 5.69 Å². The summed E-state index contributed by atoms with van der Waals surface area (Å²) in [6, 6.07) is 11.4. The average Bonchev–Trinajstić information content (AvgIpc) is 3.41. The van der Waals surface area contributed by atoms with Crippen molar-refractivity contribution in [1.29, 1.82) is 0 Å². The lowest BCUT2D eigenvalue weighted by Crippen LogP contribution is -2.43. The van der Waals surface area contributed by atoms with Gasteiger partial charge in [-0.15, -0.1) is 0 Å². The Morgan fingerprint density at radius 1 is 1.22 bits per heavy atom. The largest absolute Gasteiger partial charge is 0.465 e. The van der Waals surface area contributed by atoms with Crippen LogP contribution in [-0.4, -0.2) is 53.4 Å². The van der Waals surface area contributed by atoms with E-state index in [0.29, 0.717) is 30.3 Å². The predicted molar refractivity (Wildman–Crippen MR) is 124 cm³/mol. The topological polar surface area (TPSA) is 72.5 Å². The highest BCUT2D eigenvalue weighted by Gasteiger charge is 2.27. The van der Waals surface area contributed by atoms with Gasteiger partial charge in [0, 0.05) is 24.7 Å². The van der Waals surface area contributed by atoms with Gasteiger partial charge in [-0.25, -0.2) is 4.68 Å². The Morgan fingerprint density at radius 2 is 2.00 bits per heavy atom. The molecule has 3 heterocycles. The van der Waals surface area contributed by atoms with E-state index in [2.05, 4.69) is 29.2 Å². The van der Waals surface area contributed by atoms with Crippen LogP contribution in [-0.2, 0) is 4.74 Å². The molecule has 1 amide bonds. The summed E-state index contributed by atoms with van der Waals surface area (Å²) in [6.45, 7) is 9.41. The molecule has 170 valence electrons. The van der Waals surface area contributed by atoms with Gasteiger partial charge in [0.2, 0.25) is 0 Å². The molecule has 0 spiro atoms. The quantitative estimate of drug-likeness (QED) is 0.572. The van der Waals surface area contributed by atoms with Gasteiger partial charge in [-0.05, 0) is 43.2 Å². The van der Waals surface area contributed by atoms with Gasteiger partial charge >= 0.3 is 0 Å². The summed E-state index contributed by atoms with van der Waals surface area (Å²) in [5.41, 5.74) is 2.25. The normalized spacial score (nSPS) is 15.8. The van der Waals surface area contributed by atoms with E-state index in [-0.39, 0.29) is 17.9 Å². The summed E-state index contributed by atoms with van der Waals surface area (Å²) in [5, 5.41) is 8.24. The fourth-order valence-corrected chi connectivity index (χ4v) is 4.30. The Balaban J connectivity index is 1.56. The lowest BCUT2D eigenvalue weighted by molar-refractivity contribution is 0.0117. The van der Waals surface area contributed by atoms with E-state index in [9.17, 15) is 4.79 Å². The van der Waals surface area contributed by atoms with E-state index >= 15 is 0 Å². The number of nitrogens with zero attached hydrogens (tertiary/aromatic N) is 3. The number of hydrogen-bond donors (Lipinski definition) is 1. The van der Waals surface area contributed by atoms with E-state index in [1.165, 1.54) is 0 Å². The number of halogens is 1. The van der Waals surface area contributed by atoms with Crippen LogP contribution in [0.2, 0.25) is 5.02 Å². The molecule has 1 saturated heterocycles. The number of nitrogens with one attached hydrogen (secondary N) is 1. The summed E-state index contributed by atoms with van der Waals surface area (Å²) in [4.78, 5) is 15.5. The molecule has 1 aliphatic rings. The molecule has 7 nitrogen and oxygen atoms in total. The maximum absolute atomic E-state index is 13.2. The van der Waals surface area contributed by atoms with Gasteiger partial charge in [0.05, 0.1) is 42.4 Å². The molecule has 1 N–H and O–H groups in total. The van der Waals surface area contributed by atoms with Crippen molar-refractivity contribution in [1.82, 2.24) is 20.0 Å². The molecule has 1 aliphatic heterocycles. The number of morpholine rings is 1. The summed E-state index contributed by atoms with van der Waals surface area (Å²) >= 11 is 6.17. The highest BCUT2D eigenvalue weighted by molar-refractivity contribution is 6.30. The van der Waals surface area contributed by atoms with Crippen molar-refractivity contribution < 1.29 is 13.9 Å². The molecule has 0 aliphatic carbocycles. The maximum atomic E-state index is 13.2. The third-order valence-corrected chi connectivity index (χ3v) is 5.92. The number of furan rings is 1. The first-order valence-corrected chi connectivity index (χ1v) is 11.3. The minimum atomic E-state index is -0.150. The fraction of sp³-hybridized carbons (Fsp3) is 0.417. The van der Waals surface area contributed by atoms with Gasteiger partial charge in [0.15, 0.2) is 0 Å². The van der Waals surface area contributed by atoms with E-state index in [1.54, 1.807) is 10.9 Å². The zero-order chi connectivity index (χ0) is 22.7. The van der Waals surface area contributed by atoms with Crippen molar-refractivity contribution in [3.8, 4) is 5.69 Å². The van der Waals surface area contributed by atoms with Crippen LogP contribution >= 0.6 is 11.6 Å². The van der Waals surface area contributed by atoms with E-state index < -0.39 is 0 Å². The molecule has 0 bridgehead atoms. The molecular formula is C24H29ClN4O3. The molecular weight excluding hydrogens is 428 g/mol. The average molecular weight is 457 g/mol. The lowest BCUT2D eigenvalue weighted by atomic mass is 10.0. The smallest absolute Gasteiger partial charge is 0.254 e. The van der Waals surface area contributed by atoms with Crippen molar-refractivity contribution in [2.45, 2.75) is 32.7 Å². The van der Waals surface area contributed by atoms with Crippen LogP contribution in [0.4, 0.5) is 0 Å². The second kappa shape index (κ2) is 9.90. The van der Waals surface area contributed by atoms with E-state index in [1.807, 2.05) is 43.3 Å². The predicted octanol–water partition coefficient (Wildman–Crippen LogP) is 4.35. The first kappa shape index (κ1) is 22.6. The first-order chi connectivity index (χ1) is 15.4. The number of ether oxygens (including phenoxy) is 1. The molecule has 32 heavy (non-hydrogen) atoms. The number of aryl methyl sites for hydroxylation is 1. The molecule has 0 radical (unpaired) electrons. The van der Waals surface area contributed by atoms with Gasteiger partial charge < -0.3 is 14.5 Å². The number of amides is 1. The zero-order valence-electron chi connectivity index (χ0n) is 18.7. The summed E-state index contributed by atoms with van der Waals surface area (Å²) < 4.78 is 13.2. The molecule has 0 unspecified atom stereocenters. The van der Waals surface area contributed by atoms with Crippen LogP contribution in [0, 0.1) is 6.92 Å². The maximum Gasteiger partial charge on any atom is 0.254 e. The van der Waals surface area contributed by atoms with Crippen molar-refractivity contribution in [2.24, 2.45) is 0 Å². The van der Waals surface area contributed by atoms with Gasteiger partial charge in [-0.1, -0.05) is 31.5 Å². The van der Waals surface area contributed by atoms with Gasteiger partial charge in [-0.2, -0.15) is 5.10 Å². The Morgan fingerprint density at radius 3 is 2.66 bits per heavy atom. The molecule has 1 aromatic carbocycles. The Labute approximate surface area is 193 Å². The zero-order valence-corrected chi connectivity index (χ0v) is 19.4. The molecule has 4 rings (SSSR count). The van der Waals surface area contributed by atoms with Crippen molar-refractivity contribution >= 4 is 17.5 Å². The Bertz CT molecular complexity index is 1070. The number of carbonyl (C=O) groups is 1. The molecule has 8 heteroatoms. The molecule has 1 atom stereocenters. The second-order valence-corrected chi connectivity index (χ2v) is 8.75. The number of aromatic nitrogens is 2. The standard InChI is InChI=1S/C24H29ClN4O3/c1-16(2)23-20(14-27-29(23)19-6-4-5-18(25)13-19)24(30)26-15-21(22-8-7-17(3)32-22)28-9-11-31-12-10-28/h4-8,13-14,16,21H,9-12,15H2,1-3H3,(H,26,30)/t21-/m0/s1. The van der Waals surface area contributed by atoms with Gasteiger partial charge in [-0.3, -0.25) is 9.69 Å². The van der Waals surface area contributed by atoms with Crippen molar-refractivity contribution in [3.05, 3.63) is 70.4 Å². The monoisotopic (exact) mass is 456 g/mol. The number of benzene rings is 1. The third-order valence-electron chi connectivity index (χ3n) is 5.68. The van der Waals surface area contributed by atoms with E-state index in [0.717, 1.165) is 36.0 Å². The van der Waals surface area contributed by atoms with Gasteiger partial charge in [0.1, 0.15) is 11.5 Å². The molecule has 2 aromatic heterocycles. The minimum Gasteiger partial charge on any atom is -0.465 e. The van der Waals surface area contributed by atoms with Crippen molar-refractivity contribution in [2.75, 3.05) is 32.8 Å². The van der Waals surface area contributed by atoms with Crippen molar-refractivity contribution in [3.63, 3.8) is 0 Å². The van der Waals surface area contributed by atoms with Crippen LogP contribution in [0.15, 0.2) is 47.0 Å². The molecule has 0 saturated carbocycles. The van der Waals surface area contributed by atoms with Crippen LogP contribution in [0.1, 0.15) is 53.4 Å². The minimum absolute atomic E-state index is 0.0537. The van der Waals surface area contributed by atoms with Crippen LogP contribution in [0.3, 0.4) is 0 Å². The van der Waals surface area contributed by atoms with Gasteiger partial charge in [0.25, 0.3) is 5.91 Å². The van der Waals surface area contributed by atoms with Crippen LogP contribution < -0.4 is 5.32 Å². The first-order valence-electron chi connectivity index (χ1n) is 10.9. The molecule has 1 fully saturated rings.